The van der Waals surface area contributed by atoms with Gasteiger partial charge < -0.3 is 0 Å². The van der Waals surface area contributed by atoms with Crippen molar-refractivity contribution in [3.8, 4) is 11.4 Å². The summed E-state index contributed by atoms with van der Waals surface area (Å²) in [6.45, 7) is 13.5. The zero-order valence-corrected chi connectivity index (χ0v) is 16.9. The fraction of sp³-hybridized carbons (Fsp3) is 0.375. The van der Waals surface area contributed by atoms with Gasteiger partial charge >= 0.3 is 0 Å². The minimum atomic E-state index is 0.438. The Bertz CT molecular complexity index is 769. The first kappa shape index (κ1) is 20.8. The molecule has 3 heteroatoms. The molecule has 0 N–H and O–H groups in total. The molecule has 3 nitrogen and oxygen atoms in total. The van der Waals surface area contributed by atoms with Crippen LogP contribution in [0.2, 0.25) is 0 Å². The number of aromatic nitrogens is 3. The van der Waals surface area contributed by atoms with Crippen molar-refractivity contribution in [1.29, 1.82) is 0 Å². The van der Waals surface area contributed by atoms with Gasteiger partial charge in [-0.2, -0.15) is 0 Å². The smallest absolute Gasteiger partial charge is 0.163 e. The Morgan fingerprint density at radius 1 is 0.963 bits per heavy atom. The van der Waals surface area contributed by atoms with E-state index in [0.717, 1.165) is 47.4 Å². The van der Waals surface area contributed by atoms with E-state index in [1.54, 1.807) is 6.08 Å². The Morgan fingerprint density at radius 3 is 2.15 bits per heavy atom. The normalized spacial score (nSPS) is 19.6. The van der Waals surface area contributed by atoms with Crippen molar-refractivity contribution in [2.75, 3.05) is 0 Å². The van der Waals surface area contributed by atoms with Crippen molar-refractivity contribution in [2.45, 2.75) is 52.4 Å². The molecule has 0 unspecified atom stereocenters. The van der Waals surface area contributed by atoms with Crippen molar-refractivity contribution in [1.82, 2.24) is 15.0 Å². The van der Waals surface area contributed by atoms with Crippen LogP contribution >= 0.6 is 0 Å². The second-order valence-corrected chi connectivity index (χ2v) is 7.02. The van der Waals surface area contributed by atoms with Gasteiger partial charge in [-0.25, -0.2) is 15.0 Å². The van der Waals surface area contributed by atoms with E-state index in [2.05, 4.69) is 32.2 Å². The van der Waals surface area contributed by atoms with E-state index in [9.17, 15) is 0 Å². The molecule has 3 rings (SSSR count). The Kier molecular flexibility index (Phi) is 8.12. The Morgan fingerprint density at radius 2 is 1.59 bits per heavy atom. The molecule has 0 atom stereocenters. The molecule has 1 saturated carbocycles. The highest BCUT2D eigenvalue weighted by molar-refractivity contribution is 5.69. The molecule has 1 aromatic heterocycles. The molecular formula is C24H31N3. The van der Waals surface area contributed by atoms with Crippen LogP contribution in [-0.4, -0.2) is 15.0 Å². The maximum Gasteiger partial charge on any atom is 0.163 e. The molecule has 0 radical (unpaired) electrons. The summed E-state index contributed by atoms with van der Waals surface area (Å²) in [4.78, 5) is 14.3. The molecule has 2 aromatic rings. The molecular weight excluding hydrogens is 330 g/mol. The average Bonchev–Trinajstić information content (AvgIpc) is 2.70. The molecule has 0 spiro atoms. The van der Waals surface area contributed by atoms with E-state index >= 15 is 0 Å². The topological polar surface area (TPSA) is 38.7 Å². The summed E-state index contributed by atoms with van der Waals surface area (Å²) >= 11 is 0. The largest absolute Gasteiger partial charge is 0.213 e. The van der Waals surface area contributed by atoms with Gasteiger partial charge in [0.15, 0.2) is 11.6 Å². The highest BCUT2D eigenvalue weighted by Gasteiger charge is 2.23. The lowest BCUT2D eigenvalue weighted by atomic mass is 9.82. The van der Waals surface area contributed by atoms with Gasteiger partial charge in [0.1, 0.15) is 5.82 Å². The predicted octanol–water partition coefficient (Wildman–Crippen LogP) is 6.61. The van der Waals surface area contributed by atoms with Crippen molar-refractivity contribution in [3.05, 3.63) is 73.4 Å². The Labute approximate surface area is 164 Å². The van der Waals surface area contributed by atoms with Crippen molar-refractivity contribution < 1.29 is 0 Å². The Balaban J connectivity index is 0.000000817. The molecule has 0 aliphatic heterocycles. The van der Waals surface area contributed by atoms with Crippen molar-refractivity contribution >= 4 is 5.57 Å². The molecule has 0 bridgehead atoms. The maximum atomic E-state index is 4.82. The first-order valence-corrected chi connectivity index (χ1v) is 9.80. The van der Waals surface area contributed by atoms with Crippen LogP contribution in [0.25, 0.3) is 17.0 Å². The van der Waals surface area contributed by atoms with Gasteiger partial charge in [-0.3, -0.25) is 0 Å². The summed E-state index contributed by atoms with van der Waals surface area (Å²) in [5.74, 6) is 3.68. The lowest BCUT2D eigenvalue weighted by Gasteiger charge is -2.25. The highest BCUT2D eigenvalue weighted by Crippen LogP contribution is 2.34. The number of hydrogen-bond acceptors (Lipinski definition) is 3. The van der Waals surface area contributed by atoms with Gasteiger partial charge in [-0.05, 0) is 32.6 Å². The molecule has 1 aromatic carbocycles. The van der Waals surface area contributed by atoms with Gasteiger partial charge in [0.2, 0.25) is 0 Å². The molecule has 1 fully saturated rings. The van der Waals surface area contributed by atoms with E-state index in [1.165, 1.54) is 12.8 Å². The quantitative estimate of drug-likeness (QED) is 0.454. The third-order valence-corrected chi connectivity index (χ3v) is 4.85. The summed E-state index contributed by atoms with van der Waals surface area (Å²) in [7, 11) is 0. The van der Waals surface area contributed by atoms with Crippen LogP contribution in [0.15, 0.2) is 61.7 Å². The first-order chi connectivity index (χ1) is 13.1. The zero-order chi connectivity index (χ0) is 19.6. The van der Waals surface area contributed by atoms with Gasteiger partial charge in [0.05, 0.1) is 0 Å². The number of allylic oxidation sites excluding steroid dienone is 4. The number of benzene rings is 1. The van der Waals surface area contributed by atoms with Crippen LogP contribution in [0.3, 0.4) is 0 Å². The van der Waals surface area contributed by atoms with Gasteiger partial charge in [-0.1, -0.05) is 74.9 Å². The molecule has 1 aliphatic carbocycles. The standard InChI is InChI=1S/C21H25N3.C3H6/c1-4-16(5-2)19-22-20(17-9-7-6-8-10-17)24-21(23-19)18-13-11-15(3)12-14-18;1-3-2/h4-10,15,18H,1,11-14H2,2-3H3;3H,1H2,2H3/b16-5+;. The summed E-state index contributed by atoms with van der Waals surface area (Å²) < 4.78 is 0. The molecule has 1 aliphatic rings. The third kappa shape index (κ3) is 5.72. The fourth-order valence-electron chi connectivity index (χ4n) is 3.28. The molecule has 1 heterocycles. The highest BCUT2D eigenvalue weighted by atomic mass is 15.0. The van der Waals surface area contributed by atoms with E-state index in [0.29, 0.717) is 5.92 Å². The minimum Gasteiger partial charge on any atom is -0.213 e. The fourth-order valence-corrected chi connectivity index (χ4v) is 3.28. The predicted molar refractivity (Wildman–Crippen MR) is 115 cm³/mol. The van der Waals surface area contributed by atoms with Crippen LogP contribution in [0.4, 0.5) is 0 Å². The van der Waals surface area contributed by atoms with Crippen molar-refractivity contribution in [3.63, 3.8) is 0 Å². The third-order valence-electron chi connectivity index (χ3n) is 4.85. The number of rotatable bonds is 4. The summed E-state index contributed by atoms with van der Waals surface area (Å²) in [6, 6.07) is 10.1. The second-order valence-electron chi connectivity index (χ2n) is 7.02. The SMILES string of the molecule is C=C/C(=C\C)c1nc(-c2ccccc2)nc(C2CCC(C)CC2)n1.C=CC. The van der Waals surface area contributed by atoms with Gasteiger partial charge in [0, 0.05) is 17.1 Å². The Hall–Kier alpha value is -2.55. The van der Waals surface area contributed by atoms with Crippen LogP contribution in [0.1, 0.15) is 64.0 Å². The first-order valence-electron chi connectivity index (χ1n) is 9.80. The monoisotopic (exact) mass is 361 g/mol. The van der Waals surface area contributed by atoms with E-state index in [-0.39, 0.29) is 0 Å². The lowest BCUT2D eigenvalue weighted by Crippen LogP contribution is -2.15. The zero-order valence-electron chi connectivity index (χ0n) is 16.9. The van der Waals surface area contributed by atoms with Gasteiger partial charge in [-0.15, -0.1) is 6.58 Å². The maximum absolute atomic E-state index is 4.82. The van der Waals surface area contributed by atoms with Crippen LogP contribution in [0, 0.1) is 5.92 Å². The molecule has 142 valence electrons. The molecule has 27 heavy (non-hydrogen) atoms. The molecule has 0 saturated heterocycles. The van der Waals surface area contributed by atoms with Crippen LogP contribution in [0.5, 0.6) is 0 Å². The van der Waals surface area contributed by atoms with E-state index in [4.69, 9.17) is 15.0 Å². The van der Waals surface area contributed by atoms with Crippen molar-refractivity contribution in [2.24, 2.45) is 5.92 Å². The molecule has 0 amide bonds. The number of hydrogen-bond donors (Lipinski definition) is 0. The lowest BCUT2D eigenvalue weighted by molar-refractivity contribution is 0.339. The van der Waals surface area contributed by atoms with E-state index in [1.807, 2.05) is 44.2 Å². The second kappa shape index (κ2) is 10.6. The van der Waals surface area contributed by atoms with Crippen LogP contribution in [-0.2, 0) is 0 Å². The summed E-state index contributed by atoms with van der Waals surface area (Å²) in [5.41, 5.74) is 1.99. The number of nitrogens with zero attached hydrogens (tertiary/aromatic N) is 3. The van der Waals surface area contributed by atoms with E-state index < -0.39 is 0 Å². The van der Waals surface area contributed by atoms with Crippen LogP contribution < -0.4 is 0 Å². The minimum absolute atomic E-state index is 0.438. The summed E-state index contributed by atoms with van der Waals surface area (Å²) in [5, 5.41) is 0. The van der Waals surface area contributed by atoms with Gasteiger partial charge in [0.25, 0.3) is 0 Å². The average molecular weight is 362 g/mol. The summed E-state index contributed by atoms with van der Waals surface area (Å²) in [6.07, 6.45) is 10.4.